The average Bonchev–Trinajstić information content (AvgIpc) is 2.18. The molecule has 0 amide bonds. The van der Waals surface area contributed by atoms with Gasteiger partial charge >= 0.3 is 0 Å². The van der Waals surface area contributed by atoms with E-state index in [-0.39, 0.29) is 5.56 Å². The molecule has 0 bridgehead atoms. The lowest BCUT2D eigenvalue weighted by molar-refractivity contribution is 0.501. The fourth-order valence-electron chi connectivity index (χ4n) is 0.970. The molecule has 0 unspecified atom stereocenters. The number of rotatable bonds is 1. The van der Waals surface area contributed by atoms with Crippen molar-refractivity contribution in [3.63, 3.8) is 0 Å². The van der Waals surface area contributed by atoms with Gasteiger partial charge in [0, 0.05) is 0 Å². The molecule has 0 aromatic heterocycles. The Morgan fingerprint density at radius 3 is 2.64 bits per heavy atom. The van der Waals surface area contributed by atoms with Crippen molar-refractivity contribution in [3.8, 4) is 11.8 Å². The lowest BCUT2D eigenvalue weighted by atomic mass is 10.1. The Morgan fingerprint density at radius 1 is 1.29 bits per heavy atom. The first-order valence-corrected chi connectivity index (χ1v) is 4.25. The monoisotopic (exact) mass is 195 g/mol. The molecular weight excluding hydrogens is 184 g/mol. The molecule has 3 heteroatoms. The molecule has 0 spiro atoms. The molecule has 0 saturated carbocycles. The predicted molar refractivity (Wildman–Crippen MR) is 51.9 cm³/mol. The van der Waals surface area contributed by atoms with Crippen LogP contribution in [0.25, 0.3) is 0 Å². The molecule has 0 radical (unpaired) electrons. The van der Waals surface area contributed by atoms with Crippen molar-refractivity contribution in [2.24, 2.45) is 0 Å². The van der Waals surface area contributed by atoms with Gasteiger partial charge in [0.05, 0.1) is 12.1 Å². The Balaban J connectivity index is 3.02. The van der Waals surface area contributed by atoms with E-state index in [4.69, 9.17) is 0 Å². The maximum absolute atomic E-state index is 13.2. The van der Waals surface area contributed by atoms with Gasteiger partial charge in [0.25, 0.3) is 0 Å². The summed E-state index contributed by atoms with van der Waals surface area (Å²) in [5.74, 6) is 3.54. The van der Waals surface area contributed by atoms with Crippen LogP contribution in [0.1, 0.15) is 11.1 Å². The second kappa shape index (κ2) is 4.73. The fourth-order valence-corrected chi connectivity index (χ4v) is 0.970. The van der Waals surface area contributed by atoms with Gasteiger partial charge in [0.1, 0.15) is 0 Å². The standard InChI is InChI=1S/C11H11F2N/c1-8-5-6-9(4-3-7-14-2)11(13)10(8)12/h5-6,14H,7H2,1-2H3. The van der Waals surface area contributed by atoms with Crippen LogP contribution in [0.5, 0.6) is 0 Å². The molecule has 1 N–H and O–H groups in total. The SMILES string of the molecule is CNCC#Cc1ccc(C)c(F)c1F. The zero-order valence-electron chi connectivity index (χ0n) is 8.12. The van der Waals surface area contributed by atoms with E-state index in [0.717, 1.165) is 0 Å². The minimum Gasteiger partial charge on any atom is -0.309 e. The fraction of sp³-hybridized carbons (Fsp3) is 0.273. The molecule has 0 heterocycles. The third-order valence-electron chi connectivity index (χ3n) is 1.76. The first-order valence-electron chi connectivity index (χ1n) is 4.25. The van der Waals surface area contributed by atoms with Crippen LogP contribution in [0.15, 0.2) is 12.1 Å². The summed E-state index contributed by atoms with van der Waals surface area (Å²) < 4.78 is 26.2. The summed E-state index contributed by atoms with van der Waals surface area (Å²) in [5, 5.41) is 2.79. The highest BCUT2D eigenvalue weighted by molar-refractivity contribution is 5.38. The maximum Gasteiger partial charge on any atom is 0.174 e. The molecule has 1 aromatic rings. The summed E-state index contributed by atoms with van der Waals surface area (Å²) >= 11 is 0. The van der Waals surface area contributed by atoms with Crippen LogP contribution < -0.4 is 5.32 Å². The van der Waals surface area contributed by atoms with Crippen molar-refractivity contribution in [3.05, 3.63) is 34.9 Å². The molecule has 0 saturated heterocycles. The number of halogens is 2. The van der Waals surface area contributed by atoms with Gasteiger partial charge in [-0.15, -0.1) is 0 Å². The molecule has 1 aromatic carbocycles. The van der Waals surface area contributed by atoms with Gasteiger partial charge < -0.3 is 5.32 Å². The van der Waals surface area contributed by atoms with Gasteiger partial charge in [-0.2, -0.15) is 0 Å². The summed E-state index contributed by atoms with van der Waals surface area (Å²) in [6, 6.07) is 3.00. The van der Waals surface area contributed by atoms with E-state index in [1.807, 2.05) is 0 Å². The van der Waals surface area contributed by atoms with Gasteiger partial charge in [0.2, 0.25) is 0 Å². The summed E-state index contributed by atoms with van der Waals surface area (Å²) in [5.41, 5.74) is 0.394. The minimum absolute atomic E-state index is 0.100. The normalized spacial score (nSPS) is 9.43. The summed E-state index contributed by atoms with van der Waals surface area (Å²) in [6.45, 7) is 1.97. The average molecular weight is 195 g/mol. The van der Waals surface area contributed by atoms with Crippen molar-refractivity contribution in [1.82, 2.24) is 5.32 Å². The molecular formula is C11H11F2N. The van der Waals surface area contributed by atoms with E-state index in [9.17, 15) is 8.78 Å². The third kappa shape index (κ3) is 2.30. The quantitative estimate of drug-likeness (QED) is 0.674. The summed E-state index contributed by atoms with van der Waals surface area (Å²) in [4.78, 5) is 0. The van der Waals surface area contributed by atoms with Crippen molar-refractivity contribution in [2.75, 3.05) is 13.6 Å². The van der Waals surface area contributed by atoms with Crippen molar-refractivity contribution >= 4 is 0 Å². The molecule has 0 fully saturated rings. The van der Waals surface area contributed by atoms with E-state index in [0.29, 0.717) is 12.1 Å². The first kappa shape index (κ1) is 10.7. The molecule has 0 atom stereocenters. The Kier molecular flexibility index (Phi) is 3.61. The maximum atomic E-state index is 13.2. The lowest BCUT2D eigenvalue weighted by Crippen LogP contribution is -2.04. The Morgan fingerprint density at radius 2 is 2.00 bits per heavy atom. The predicted octanol–water partition coefficient (Wildman–Crippen LogP) is 1.84. The van der Waals surface area contributed by atoms with Crippen LogP contribution in [-0.2, 0) is 0 Å². The number of hydrogen-bond acceptors (Lipinski definition) is 1. The smallest absolute Gasteiger partial charge is 0.174 e. The summed E-state index contributed by atoms with van der Waals surface area (Å²) in [6.07, 6.45) is 0. The van der Waals surface area contributed by atoms with Gasteiger partial charge in [-0.05, 0) is 25.6 Å². The van der Waals surface area contributed by atoms with E-state index in [1.165, 1.54) is 19.1 Å². The highest BCUT2D eigenvalue weighted by Gasteiger charge is 2.08. The molecule has 0 aliphatic heterocycles. The van der Waals surface area contributed by atoms with Crippen LogP contribution >= 0.6 is 0 Å². The zero-order valence-corrected chi connectivity index (χ0v) is 8.12. The van der Waals surface area contributed by atoms with Gasteiger partial charge in [-0.1, -0.05) is 17.9 Å². The van der Waals surface area contributed by atoms with Crippen LogP contribution in [0.3, 0.4) is 0 Å². The first-order chi connectivity index (χ1) is 6.66. The second-order valence-corrected chi connectivity index (χ2v) is 2.89. The zero-order chi connectivity index (χ0) is 10.6. The van der Waals surface area contributed by atoms with Gasteiger partial charge in [-0.25, -0.2) is 8.78 Å². The third-order valence-corrected chi connectivity index (χ3v) is 1.76. The minimum atomic E-state index is -0.867. The highest BCUT2D eigenvalue weighted by atomic mass is 19.2. The van der Waals surface area contributed by atoms with Crippen LogP contribution in [0.4, 0.5) is 8.78 Å². The Labute approximate surface area is 82.1 Å². The largest absolute Gasteiger partial charge is 0.309 e. The topological polar surface area (TPSA) is 12.0 Å². The van der Waals surface area contributed by atoms with E-state index < -0.39 is 11.6 Å². The summed E-state index contributed by atoms with van der Waals surface area (Å²) in [7, 11) is 1.74. The molecule has 1 rings (SSSR count). The van der Waals surface area contributed by atoms with E-state index in [1.54, 1.807) is 7.05 Å². The Bertz CT molecular complexity index is 388. The Hall–Kier alpha value is -1.40. The second-order valence-electron chi connectivity index (χ2n) is 2.89. The number of aryl methyl sites for hydroxylation is 1. The number of nitrogens with one attached hydrogen (secondary N) is 1. The van der Waals surface area contributed by atoms with E-state index >= 15 is 0 Å². The van der Waals surface area contributed by atoms with Crippen LogP contribution in [-0.4, -0.2) is 13.6 Å². The van der Waals surface area contributed by atoms with Crippen molar-refractivity contribution in [1.29, 1.82) is 0 Å². The molecule has 14 heavy (non-hydrogen) atoms. The highest BCUT2D eigenvalue weighted by Crippen LogP contribution is 2.14. The lowest BCUT2D eigenvalue weighted by Gasteiger charge is -1.99. The van der Waals surface area contributed by atoms with E-state index in [2.05, 4.69) is 17.2 Å². The molecule has 0 aliphatic carbocycles. The van der Waals surface area contributed by atoms with Gasteiger partial charge in [-0.3, -0.25) is 0 Å². The van der Waals surface area contributed by atoms with Crippen molar-refractivity contribution in [2.45, 2.75) is 6.92 Å². The van der Waals surface area contributed by atoms with Crippen molar-refractivity contribution < 1.29 is 8.78 Å². The number of hydrogen-bond donors (Lipinski definition) is 1. The molecule has 0 aliphatic rings. The number of benzene rings is 1. The molecule has 1 nitrogen and oxygen atoms in total. The molecule has 74 valence electrons. The van der Waals surface area contributed by atoms with Crippen LogP contribution in [0, 0.1) is 30.4 Å². The van der Waals surface area contributed by atoms with Crippen LogP contribution in [0.2, 0.25) is 0 Å². The van der Waals surface area contributed by atoms with Gasteiger partial charge in [0.15, 0.2) is 11.6 Å².